The molecule has 4 rings (SSSR count). The van der Waals surface area contributed by atoms with Crippen LogP contribution >= 0.6 is 0 Å². The second-order valence-corrected chi connectivity index (χ2v) is 9.31. The number of nitrogens with one attached hydrogen (secondary N) is 1. The molecule has 1 fully saturated rings. The minimum absolute atomic E-state index is 0.0444. The number of rotatable bonds is 6. The van der Waals surface area contributed by atoms with E-state index in [0.717, 1.165) is 37.2 Å². The summed E-state index contributed by atoms with van der Waals surface area (Å²) >= 11 is 0. The van der Waals surface area contributed by atoms with Gasteiger partial charge in [0.05, 0.1) is 11.4 Å². The molecule has 29 heavy (non-hydrogen) atoms. The Morgan fingerprint density at radius 1 is 1.14 bits per heavy atom. The van der Waals surface area contributed by atoms with Gasteiger partial charge in [0.2, 0.25) is 15.9 Å². The summed E-state index contributed by atoms with van der Waals surface area (Å²) in [6, 6.07) is 15.2. The van der Waals surface area contributed by atoms with Gasteiger partial charge in [-0.2, -0.15) is 0 Å². The highest BCUT2D eigenvalue weighted by Gasteiger charge is 2.25. The zero-order valence-corrected chi connectivity index (χ0v) is 17.1. The fourth-order valence-corrected chi connectivity index (χ4v) is 4.66. The van der Waals surface area contributed by atoms with Gasteiger partial charge in [0.25, 0.3) is 0 Å². The van der Waals surface area contributed by atoms with Crippen molar-refractivity contribution in [2.75, 3.05) is 42.5 Å². The molecule has 0 aliphatic carbocycles. The average molecular weight is 415 g/mol. The van der Waals surface area contributed by atoms with Crippen molar-refractivity contribution in [3.05, 3.63) is 54.1 Å². The molecule has 154 valence electrons. The highest BCUT2D eigenvalue weighted by Crippen LogP contribution is 2.30. The van der Waals surface area contributed by atoms with Crippen molar-refractivity contribution in [2.24, 2.45) is 11.1 Å². The van der Waals surface area contributed by atoms with Gasteiger partial charge in [0.1, 0.15) is 0 Å². The lowest BCUT2D eigenvalue weighted by atomic mass is 10.1. The summed E-state index contributed by atoms with van der Waals surface area (Å²) < 4.78 is 23.2. The first kappa shape index (κ1) is 19.7. The molecule has 2 heterocycles. The maximum Gasteiger partial charge on any atom is 0.239 e. The second kappa shape index (κ2) is 8.04. The van der Waals surface area contributed by atoms with Crippen LogP contribution in [0.4, 0.5) is 11.4 Å². The Morgan fingerprint density at radius 2 is 1.93 bits per heavy atom. The van der Waals surface area contributed by atoms with Gasteiger partial charge >= 0.3 is 0 Å². The predicted molar refractivity (Wildman–Crippen MR) is 114 cm³/mol. The Bertz CT molecular complexity index is 994. The van der Waals surface area contributed by atoms with Crippen LogP contribution in [-0.4, -0.2) is 47.0 Å². The van der Waals surface area contributed by atoms with Gasteiger partial charge in [0.15, 0.2) is 0 Å². The molecule has 0 saturated carbocycles. The first-order valence-electron chi connectivity index (χ1n) is 9.87. The minimum Gasteiger partial charge on any atom is -0.371 e. The molecule has 2 aromatic rings. The Hall–Kier alpha value is -2.58. The number of primary sulfonamides is 1. The number of sulfonamides is 1. The lowest BCUT2D eigenvalue weighted by molar-refractivity contribution is -0.119. The standard InChI is InChI=1S/C21H26N4O3S/c22-29(27,28)19-7-6-17-9-11-25(20(17)12-19)15-21(26)23-13-16-8-10-24(14-16)18-4-2-1-3-5-18/h1-7,12,16H,8-11,13-15H2,(H,23,26)(H2,22,27,28). The molecule has 1 amide bonds. The number of hydrogen-bond donors (Lipinski definition) is 2. The molecule has 2 aliphatic heterocycles. The molecule has 0 aromatic heterocycles. The van der Waals surface area contributed by atoms with Gasteiger partial charge in [-0.1, -0.05) is 24.3 Å². The van der Waals surface area contributed by atoms with E-state index in [1.54, 1.807) is 12.1 Å². The molecule has 0 radical (unpaired) electrons. The van der Waals surface area contributed by atoms with Gasteiger partial charge in [0, 0.05) is 37.6 Å². The third-order valence-electron chi connectivity index (χ3n) is 5.71. The van der Waals surface area contributed by atoms with E-state index in [1.165, 1.54) is 11.8 Å². The zero-order valence-electron chi connectivity index (χ0n) is 16.3. The third-order valence-corrected chi connectivity index (χ3v) is 6.62. The fraction of sp³-hybridized carbons (Fsp3) is 0.381. The average Bonchev–Trinajstić information content (AvgIpc) is 3.33. The van der Waals surface area contributed by atoms with Crippen LogP contribution in [0.3, 0.4) is 0 Å². The lowest BCUT2D eigenvalue weighted by Crippen LogP contribution is -2.39. The van der Waals surface area contributed by atoms with Crippen LogP contribution in [-0.2, 0) is 21.2 Å². The Kier molecular flexibility index (Phi) is 5.47. The number of carbonyl (C=O) groups excluding carboxylic acids is 1. The molecule has 0 spiro atoms. The van der Waals surface area contributed by atoms with Crippen LogP contribution in [0.15, 0.2) is 53.4 Å². The molecule has 0 bridgehead atoms. The van der Waals surface area contributed by atoms with Gasteiger partial charge in [-0.15, -0.1) is 0 Å². The molecule has 2 aliphatic rings. The highest BCUT2D eigenvalue weighted by molar-refractivity contribution is 7.89. The van der Waals surface area contributed by atoms with Crippen molar-refractivity contribution in [1.29, 1.82) is 0 Å². The smallest absolute Gasteiger partial charge is 0.239 e. The number of benzene rings is 2. The van der Waals surface area contributed by atoms with Crippen molar-refractivity contribution in [3.8, 4) is 0 Å². The van der Waals surface area contributed by atoms with Crippen LogP contribution in [0.1, 0.15) is 12.0 Å². The largest absolute Gasteiger partial charge is 0.371 e. The summed E-state index contributed by atoms with van der Waals surface area (Å²) in [5.74, 6) is 0.385. The number of anilines is 2. The molecule has 1 unspecified atom stereocenters. The number of nitrogens with two attached hydrogens (primary N) is 1. The van der Waals surface area contributed by atoms with Gasteiger partial charge in [-0.3, -0.25) is 4.79 Å². The van der Waals surface area contributed by atoms with Crippen molar-refractivity contribution in [3.63, 3.8) is 0 Å². The molecule has 7 nitrogen and oxygen atoms in total. The fourth-order valence-electron chi connectivity index (χ4n) is 4.13. The van der Waals surface area contributed by atoms with Crippen LogP contribution in [0.2, 0.25) is 0 Å². The Morgan fingerprint density at radius 3 is 2.69 bits per heavy atom. The zero-order chi connectivity index (χ0) is 20.4. The van der Waals surface area contributed by atoms with Crippen molar-refractivity contribution in [2.45, 2.75) is 17.7 Å². The first-order chi connectivity index (χ1) is 13.9. The number of para-hydroxylation sites is 1. The molecule has 1 atom stereocenters. The number of nitrogens with zero attached hydrogens (tertiary/aromatic N) is 2. The van der Waals surface area contributed by atoms with E-state index in [-0.39, 0.29) is 17.3 Å². The Balaban J connectivity index is 1.31. The van der Waals surface area contributed by atoms with Crippen molar-refractivity contribution >= 4 is 27.3 Å². The molecular formula is C21H26N4O3S. The summed E-state index contributed by atoms with van der Waals surface area (Å²) in [6.07, 6.45) is 1.85. The SMILES string of the molecule is NS(=O)(=O)c1ccc2c(c1)N(CC(=O)NCC1CCN(c3ccccc3)C1)CC2. The van der Waals surface area contributed by atoms with Crippen molar-refractivity contribution in [1.82, 2.24) is 5.32 Å². The van der Waals surface area contributed by atoms with E-state index in [1.807, 2.05) is 23.1 Å². The van der Waals surface area contributed by atoms with E-state index in [4.69, 9.17) is 5.14 Å². The number of fused-ring (bicyclic) bond motifs is 1. The minimum atomic E-state index is -3.76. The van der Waals surface area contributed by atoms with Gasteiger partial charge < -0.3 is 15.1 Å². The van der Waals surface area contributed by atoms with E-state index >= 15 is 0 Å². The predicted octanol–water partition coefficient (Wildman–Crippen LogP) is 1.34. The van der Waals surface area contributed by atoms with E-state index in [0.29, 0.717) is 19.0 Å². The highest BCUT2D eigenvalue weighted by atomic mass is 32.2. The molecule has 3 N–H and O–H groups in total. The van der Waals surface area contributed by atoms with E-state index in [2.05, 4.69) is 22.3 Å². The number of amides is 1. The summed E-state index contributed by atoms with van der Waals surface area (Å²) in [4.78, 5) is 16.8. The summed E-state index contributed by atoms with van der Waals surface area (Å²) in [5, 5.41) is 8.29. The number of carbonyl (C=O) groups is 1. The number of hydrogen-bond acceptors (Lipinski definition) is 5. The maximum atomic E-state index is 12.5. The quantitative estimate of drug-likeness (QED) is 0.744. The van der Waals surface area contributed by atoms with Gasteiger partial charge in [-0.05, 0) is 48.6 Å². The van der Waals surface area contributed by atoms with E-state index in [9.17, 15) is 13.2 Å². The third kappa shape index (κ3) is 4.54. The van der Waals surface area contributed by atoms with Crippen molar-refractivity contribution < 1.29 is 13.2 Å². The van der Waals surface area contributed by atoms with Crippen LogP contribution < -0.4 is 20.3 Å². The topological polar surface area (TPSA) is 95.7 Å². The van der Waals surface area contributed by atoms with E-state index < -0.39 is 10.0 Å². The van der Waals surface area contributed by atoms with Crippen LogP contribution in [0.25, 0.3) is 0 Å². The molecule has 1 saturated heterocycles. The lowest BCUT2D eigenvalue weighted by Gasteiger charge is -2.21. The normalized spacial score (nSPS) is 18.7. The Labute approximate surface area is 171 Å². The van der Waals surface area contributed by atoms with Crippen LogP contribution in [0.5, 0.6) is 0 Å². The molecular weight excluding hydrogens is 388 g/mol. The molecule has 8 heteroatoms. The summed E-state index contributed by atoms with van der Waals surface area (Å²) in [5.41, 5.74) is 3.04. The second-order valence-electron chi connectivity index (χ2n) is 7.75. The first-order valence-corrected chi connectivity index (χ1v) is 11.4. The summed E-state index contributed by atoms with van der Waals surface area (Å²) in [7, 11) is -3.76. The van der Waals surface area contributed by atoms with Crippen LogP contribution in [0, 0.1) is 5.92 Å². The van der Waals surface area contributed by atoms with Gasteiger partial charge in [-0.25, -0.2) is 13.6 Å². The maximum absolute atomic E-state index is 12.5. The monoisotopic (exact) mass is 414 g/mol. The summed E-state index contributed by atoms with van der Waals surface area (Å²) in [6.45, 7) is 3.51. The molecule has 2 aromatic carbocycles.